The molecule has 0 fully saturated rings. The molecule has 0 aliphatic rings. The second kappa shape index (κ2) is 4.05. The van der Waals surface area contributed by atoms with Gasteiger partial charge in [0.05, 0.1) is 5.39 Å². The highest BCUT2D eigenvalue weighted by atomic mass is 16.4. The van der Waals surface area contributed by atoms with Crippen molar-refractivity contribution in [1.82, 2.24) is 15.0 Å². The molecule has 0 amide bonds. The summed E-state index contributed by atoms with van der Waals surface area (Å²) in [6, 6.07) is 1.44. The van der Waals surface area contributed by atoms with E-state index >= 15 is 0 Å². The monoisotopic (exact) mass is 233 g/mol. The largest absolute Gasteiger partial charge is 0.478 e. The molecule has 0 bridgehead atoms. The zero-order valence-electron chi connectivity index (χ0n) is 8.43. The van der Waals surface area contributed by atoms with Crippen LogP contribution < -0.4 is 11.2 Å². The number of aromatic nitrogens is 3. The first-order valence-electron chi connectivity index (χ1n) is 4.59. The fourth-order valence-electron chi connectivity index (χ4n) is 1.32. The van der Waals surface area contributed by atoms with Gasteiger partial charge < -0.3 is 5.11 Å². The Hall–Kier alpha value is -2.70. The van der Waals surface area contributed by atoms with E-state index in [1.54, 1.807) is 0 Å². The van der Waals surface area contributed by atoms with Crippen molar-refractivity contribution in [2.75, 3.05) is 0 Å². The van der Waals surface area contributed by atoms with Gasteiger partial charge in [-0.15, -0.1) is 0 Å². The zero-order chi connectivity index (χ0) is 12.4. The number of carboxylic acids is 1. The van der Waals surface area contributed by atoms with Gasteiger partial charge in [0.2, 0.25) is 0 Å². The molecule has 7 heteroatoms. The number of aliphatic carboxylic acids is 1. The lowest BCUT2D eigenvalue weighted by Gasteiger charge is -1.96. The van der Waals surface area contributed by atoms with Crippen LogP contribution in [-0.2, 0) is 4.79 Å². The summed E-state index contributed by atoms with van der Waals surface area (Å²) in [6.07, 6.45) is 3.60. The van der Waals surface area contributed by atoms with E-state index in [0.717, 1.165) is 6.08 Å². The summed E-state index contributed by atoms with van der Waals surface area (Å²) < 4.78 is 0. The molecule has 2 aromatic heterocycles. The van der Waals surface area contributed by atoms with Crippen LogP contribution in [0.1, 0.15) is 5.56 Å². The molecule has 86 valence electrons. The predicted octanol–water partition coefficient (Wildman–Crippen LogP) is -0.291. The minimum atomic E-state index is -1.10. The van der Waals surface area contributed by atoms with Crippen LogP contribution in [0.15, 0.2) is 27.9 Å². The number of carbonyl (C=O) groups is 1. The summed E-state index contributed by atoms with van der Waals surface area (Å²) >= 11 is 0. The lowest BCUT2D eigenvalue weighted by molar-refractivity contribution is -0.131. The van der Waals surface area contributed by atoms with Gasteiger partial charge in [0.1, 0.15) is 5.65 Å². The zero-order valence-corrected chi connectivity index (χ0v) is 8.43. The molecule has 3 N–H and O–H groups in total. The normalized spacial score (nSPS) is 11.1. The molecule has 0 radical (unpaired) electrons. The minimum Gasteiger partial charge on any atom is -0.478 e. The highest BCUT2D eigenvalue weighted by Gasteiger charge is 2.02. The SMILES string of the molecule is O=C(O)C=Cc1cnc2[nH]c(=O)[nH]c(=O)c2c1. The number of fused-ring (bicyclic) bond motifs is 1. The van der Waals surface area contributed by atoms with Crippen LogP contribution in [0.3, 0.4) is 0 Å². The fraction of sp³-hybridized carbons (Fsp3) is 0. The molecule has 0 aromatic carbocycles. The van der Waals surface area contributed by atoms with E-state index in [9.17, 15) is 14.4 Å². The van der Waals surface area contributed by atoms with Crippen LogP contribution in [0.5, 0.6) is 0 Å². The third-order valence-corrected chi connectivity index (χ3v) is 2.03. The second-order valence-corrected chi connectivity index (χ2v) is 3.24. The van der Waals surface area contributed by atoms with E-state index in [4.69, 9.17) is 5.11 Å². The number of rotatable bonds is 2. The first-order valence-corrected chi connectivity index (χ1v) is 4.59. The summed E-state index contributed by atoms with van der Waals surface area (Å²) in [7, 11) is 0. The topological polar surface area (TPSA) is 116 Å². The average molecular weight is 233 g/mol. The average Bonchev–Trinajstić information content (AvgIpc) is 2.26. The number of H-pyrrole nitrogens is 2. The molecule has 2 heterocycles. The Labute approximate surface area is 93.5 Å². The fourth-order valence-corrected chi connectivity index (χ4v) is 1.32. The first-order chi connectivity index (χ1) is 8.06. The van der Waals surface area contributed by atoms with Crippen molar-refractivity contribution in [3.05, 3.63) is 44.7 Å². The van der Waals surface area contributed by atoms with E-state index in [1.165, 1.54) is 18.3 Å². The summed E-state index contributed by atoms with van der Waals surface area (Å²) in [5.41, 5.74) is -0.589. The van der Waals surface area contributed by atoms with Crippen LogP contribution in [0.25, 0.3) is 17.1 Å². The quantitative estimate of drug-likeness (QED) is 0.616. The minimum absolute atomic E-state index is 0.159. The van der Waals surface area contributed by atoms with E-state index in [-0.39, 0.29) is 11.0 Å². The van der Waals surface area contributed by atoms with Gasteiger partial charge in [-0.25, -0.2) is 14.6 Å². The van der Waals surface area contributed by atoms with Gasteiger partial charge in [-0.1, -0.05) is 0 Å². The van der Waals surface area contributed by atoms with E-state index < -0.39 is 17.2 Å². The molecular weight excluding hydrogens is 226 g/mol. The maximum atomic E-state index is 11.4. The predicted molar refractivity (Wildman–Crippen MR) is 59.7 cm³/mol. The molecule has 17 heavy (non-hydrogen) atoms. The first kappa shape index (κ1) is 10.8. The Kier molecular flexibility index (Phi) is 2.57. The maximum absolute atomic E-state index is 11.4. The number of carboxylic acid groups (broad SMARTS) is 1. The molecule has 7 nitrogen and oxygen atoms in total. The number of nitrogens with one attached hydrogen (secondary N) is 2. The van der Waals surface area contributed by atoms with Gasteiger partial charge >= 0.3 is 11.7 Å². The Bertz CT molecular complexity index is 726. The molecule has 0 aliphatic heterocycles. The van der Waals surface area contributed by atoms with Crippen molar-refractivity contribution < 1.29 is 9.90 Å². The number of hydrogen-bond acceptors (Lipinski definition) is 4. The highest BCUT2D eigenvalue weighted by molar-refractivity contribution is 5.86. The lowest BCUT2D eigenvalue weighted by Crippen LogP contribution is -2.22. The third kappa shape index (κ3) is 2.28. The smallest absolute Gasteiger partial charge is 0.328 e. The molecule has 0 unspecified atom stereocenters. The Morgan fingerprint density at radius 1 is 1.35 bits per heavy atom. The van der Waals surface area contributed by atoms with Gasteiger partial charge in [-0.3, -0.25) is 14.8 Å². The summed E-state index contributed by atoms with van der Waals surface area (Å²) in [4.78, 5) is 41.0. The van der Waals surface area contributed by atoms with Gasteiger partial charge in [0, 0.05) is 12.3 Å². The van der Waals surface area contributed by atoms with Crippen molar-refractivity contribution in [2.24, 2.45) is 0 Å². The Balaban J connectivity index is 2.62. The van der Waals surface area contributed by atoms with Crippen molar-refractivity contribution >= 4 is 23.1 Å². The molecule has 2 aromatic rings. The van der Waals surface area contributed by atoms with Crippen LogP contribution >= 0.6 is 0 Å². The molecular formula is C10H7N3O4. The van der Waals surface area contributed by atoms with E-state index in [0.29, 0.717) is 5.56 Å². The molecule has 0 aliphatic carbocycles. The van der Waals surface area contributed by atoms with Crippen molar-refractivity contribution in [2.45, 2.75) is 0 Å². The molecule has 0 atom stereocenters. The lowest BCUT2D eigenvalue weighted by atomic mass is 10.2. The Morgan fingerprint density at radius 3 is 2.82 bits per heavy atom. The van der Waals surface area contributed by atoms with Gasteiger partial charge in [0.25, 0.3) is 5.56 Å². The van der Waals surface area contributed by atoms with Gasteiger partial charge in [-0.2, -0.15) is 0 Å². The Morgan fingerprint density at radius 2 is 2.12 bits per heavy atom. The number of hydrogen-bond donors (Lipinski definition) is 3. The summed E-state index contributed by atoms with van der Waals surface area (Å²) in [6.45, 7) is 0. The third-order valence-electron chi connectivity index (χ3n) is 2.03. The van der Waals surface area contributed by atoms with Crippen LogP contribution in [0.2, 0.25) is 0 Å². The maximum Gasteiger partial charge on any atom is 0.328 e. The molecule has 0 spiro atoms. The van der Waals surface area contributed by atoms with Crippen LogP contribution in [0.4, 0.5) is 0 Å². The van der Waals surface area contributed by atoms with Gasteiger partial charge in [0.15, 0.2) is 0 Å². The van der Waals surface area contributed by atoms with E-state index in [2.05, 4.69) is 15.0 Å². The summed E-state index contributed by atoms with van der Waals surface area (Å²) in [5.74, 6) is -1.10. The standard InChI is InChI=1S/C10H7N3O4/c14-7(15)2-1-5-3-6-8(11-4-5)12-10(17)13-9(6)16/h1-4H,(H,14,15)(H2,11,12,13,16,17). The van der Waals surface area contributed by atoms with Crippen molar-refractivity contribution in [3.63, 3.8) is 0 Å². The molecule has 0 saturated heterocycles. The van der Waals surface area contributed by atoms with E-state index in [1.807, 2.05) is 0 Å². The van der Waals surface area contributed by atoms with Gasteiger partial charge in [-0.05, 0) is 17.7 Å². The van der Waals surface area contributed by atoms with Crippen LogP contribution in [-0.4, -0.2) is 26.0 Å². The van der Waals surface area contributed by atoms with Crippen molar-refractivity contribution in [1.29, 1.82) is 0 Å². The number of pyridine rings is 1. The molecule has 2 rings (SSSR count). The van der Waals surface area contributed by atoms with Crippen molar-refractivity contribution in [3.8, 4) is 0 Å². The second-order valence-electron chi connectivity index (χ2n) is 3.24. The number of aromatic amines is 2. The summed E-state index contributed by atoms with van der Waals surface area (Å²) in [5, 5.41) is 8.65. The molecule has 0 saturated carbocycles. The number of nitrogens with zero attached hydrogens (tertiary/aromatic N) is 1. The van der Waals surface area contributed by atoms with Crippen LogP contribution in [0, 0.1) is 0 Å². The highest BCUT2D eigenvalue weighted by Crippen LogP contribution is 2.06.